The van der Waals surface area contributed by atoms with Gasteiger partial charge in [-0.3, -0.25) is 0 Å². The smallest absolute Gasteiger partial charge is 0.177 e. The van der Waals surface area contributed by atoms with E-state index in [1.165, 1.54) is 0 Å². The van der Waals surface area contributed by atoms with Crippen LogP contribution in [0.1, 0.15) is 12.0 Å². The molecular formula is C11H9F4N. The summed E-state index contributed by atoms with van der Waals surface area (Å²) < 4.78 is 51.6. The van der Waals surface area contributed by atoms with Gasteiger partial charge in [0, 0.05) is 19.0 Å². The molecule has 0 aliphatic heterocycles. The third-order valence-electron chi connectivity index (χ3n) is 1.83. The summed E-state index contributed by atoms with van der Waals surface area (Å²) in [7, 11) is 1.69. The van der Waals surface area contributed by atoms with Gasteiger partial charge in [0.05, 0.1) is 0 Å². The van der Waals surface area contributed by atoms with Crippen LogP contribution in [0.15, 0.2) is 6.07 Å². The Balaban J connectivity index is 3.06. The lowest BCUT2D eigenvalue weighted by atomic mass is 10.2. The van der Waals surface area contributed by atoms with Crippen LogP contribution in [0.5, 0.6) is 0 Å². The van der Waals surface area contributed by atoms with Crippen molar-refractivity contribution in [1.29, 1.82) is 0 Å². The van der Waals surface area contributed by atoms with Gasteiger partial charge in [-0.25, -0.2) is 17.6 Å². The molecule has 0 spiro atoms. The van der Waals surface area contributed by atoms with Crippen LogP contribution >= 0.6 is 0 Å². The van der Waals surface area contributed by atoms with Gasteiger partial charge in [-0.1, -0.05) is 11.8 Å². The second kappa shape index (κ2) is 5.52. The van der Waals surface area contributed by atoms with Gasteiger partial charge in [0.15, 0.2) is 23.3 Å². The van der Waals surface area contributed by atoms with Gasteiger partial charge in [0.25, 0.3) is 0 Å². The minimum absolute atomic E-state index is 0.156. The topological polar surface area (TPSA) is 12.0 Å². The first-order valence-electron chi connectivity index (χ1n) is 4.54. The molecule has 0 saturated heterocycles. The van der Waals surface area contributed by atoms with E-state index < -0.39 is 28.8 Å². The summed E-state index contributed by atoms with van der Waals surface area (Å²) in [5.41, 5.74) is -0.867. The fourth-order valence-electron chi connectivity index (χ4n) is 1.02. The fraction of sp³-hybridized carbons (Fsp3) is 0.273. The molecule has 5 heteroatoms. The molecule has 0 radical (unpaired) electrons. The third-order valence-corrected chi connectivity index (χ3v) is 1.83. The van der Waals surface area contributed by atoms with Gasteiger partial charge in [-0.15, -0.1) is 0 Å². The van der Waals surface area contributed by atoms with Gasteiger partial charge in [0.2, 0.25) is 0 Å². The number of hydrogen-bond acceptors (Lipinski definition) is 1. The highest BCUT2D eigenvalue weighted by Gasteiger charge is 2.17. The minimum Gasteiger partial charge on any atom is -0.319 e. The summed E-state index contributed by atoms with van der Waals surface area (Å²) in [5.74, 6) is -1.33. The first-order valence-corrected chi connectivity index (χ1v) is 4.54. The molecule has 86 valence electrons. The van der Waals surface area contributed by atoms with Crippen LogP contribution in [-0.2, 0) is 0 Å². The Bertz CT molecular complexity index is 419. The van der Waals surface area contributed by atoms with Gasteiger partial charge in [-0.05, 0) is 7.05 Å². The largest absolute Gasteiger partial charge is 0.319 e. The van der Waals surface area contributed by atoms with Crippen LogP contribution < -0.4 is 5.32 Å². The summed E-state index contributed by atoms with van der Waals surface area (Å²) in [5, 5.41) is 2.77. The zero-order valence-electron chi connectivity index (χ0n) is 8.50. The second-order valence-electron chi connectivity index (χ2n) is 3.00. The van der Waals surface area contributed by atoms with Gasteiger partial charge in [-0.2, -0.15) is 0 Å². The molecule has 0 aliphatic rings. The van der Waals surface area contributed by atoms with Gasteiger partial charge >= 0.3 is 0 Å². The van der Waals surface area contributed by atoms with E-state index in [2.05, 4.69) is 17.2 Å². The Morgan fingerprint density at radius 2 is 1.69 bits per heavy atom. The monoisotopic (exact) mass is 231 g/mol. The zero-order valence-corrected chi connectivity index (χ0v) is 8.50. The van der Waals surface area contributed by atoms with E-state index >= 15 is 0 Å². The summed E-state index contributed by atoms with van der Waals surface area (Å²) in [6, 6.07) is 0.156. The Morgan fingerprint density at radius 1 is 1.12 bits per heavy atom. The summed E-state index contributed by atoms with van der Waals surface area (Å²) in [6.07, 6.45) is 0.327. The van der Waals surface area contributed by atoms with Crippen molar-refractivity contribution in [3.05, 3.63) is 34.9 Å². The molecule has 16 heavy (non-hydrogen) atoms. The lowest BCUT2D eigenvalue weighted by molar-refractivity contribution is 0.450. The second-order valence-corrected chi connectivity index (χ2v) is 3.00. The molecule has 0 aromatic heterocycles. The lowest BCUT2D eigenvalue weighted by Gasteiger charge is -1.99. The molecule has 0 saturated carbocycles. The molecule has 1 N–H and O–H groups in total. The Hall–Kier alpha value is -1.54. The Morgan fingerprint density at radius 3 is 2.19 bits per heavy atom. The van der Waals surface area contributed by atoms with Crippen molar-refractivity contribution < 1.29 is 17.6 Å². The number of rotatable bonds is 2. The van der Waals surface area contributed by atoms with Crippen LogP contribution in [-0.4, -0.2) is 13.6 Å². The molecule has 1 aromatic rings. The number of hydrogen-bond donors (Lipinski definition) is 1. The predicted molar refractivity (Wildman–Crippen MR) is 51.7 cm³/mol. The Kier molecular flexibility index (Phi) is 4.32. The van der Waals surface area contributed by atoms with Crippen molar-refractivity contribution in [3.63, 3.8) is 0 Å². The fourth-order valence-corrected chi connectivity index (χ4v) is 1.02. The molecule has 0 atom stereocenters. The maximum absolute atomic E-state index is 13.1. The van der Waals surface area contributed by atoms with E-state index in [1.807, 2.05) is 0 Å². The number of benzene rings is 1. The molecule has 1 aromatic carbocycles. The zero-order chi connectivity index (χ0) is 12.1. The van der Waals surface area contributed by atoms with Crippen LogP contribution in [0.2, 0.25) is 0 Å². The van der Waals surface area contributed by atoms with Gasteiger partial charge < -0.3 is 5.32 Å². The average Bonchev–Trinajstić information content (AvgIpc) is 2.25. The standard InChI is InChI=1S/C11H9F4N/c1-16-5-3-2-4-7-10(14)8(12)6-9(13)11(7)15/h6,16H,3,5H2,1H3. The van der Waals surface area contributed by atoms with Gasteiger partial charge in [0.1, 0.15) is 5.56 Å². The van der Waals surface area contributed by atoms with Crippen LogP contribution in [0.4, 0.5) is 17.6 Å². The van der Waals surface area contributed by atoms with Crippen LogP contribution in [0.25, 0.3) is 0 Å². The molecule has 0 fully saturated rings. The van der Waals surface area contributed by atoms with E-state index in [4.69, 9.17) is 0 Å². The molecule has 1 rings (SSSR count). The van der Waals surface area contributed by atoms with Crippen molar-refractivity contribution in [2.75, 3.05) is 13.6 Å². The Labute approximate surface area is 90.5 Å². The van der Waals surface area contributed by atoms with Crippen molar-refractivity contribution in [2.24, 2.45) is 0 Å². The average molecular weight is 231 g/mol. The minimum atomic E-state index is -1.46. The van der Waals surface area contributed by atoms with E-state index in [0.29, 0.717) is 13.0 Å². The number of nitrogens with one attached hydrogen (secondary N) is 1. The molecule has 1 nitrogen and oxygen atoms in total. The van der Waals surface area contributed by atoms with E-state index in [-0.39, 0.29) is 6.07 Å². The highest BCUT2D eigenvalue weighted by molar-refractivity contribution is 5.37. The predicted octanol–water partition coefficient (Wildman–Crippen LogP) is 2.20. The third kappa shape index (κ3) is 2.74. The van der Waals surface area contributed by atoms with Crippen molar-refractivity contribution in [2.45, 2.75) is 6.42 Å². The van der Waals surface area contributed by atoms with Crippen molar-refractivity contribution in [3.8, 4) is 11.8 Å². The maximum atomic E-state index is 13.1. The molecule has 0 amide bonds. The highest BCUT2D eigenvalue weighted by atomic mass is 19.2. The first kappa shape index (κ1) is 12.5. The summed E-state index contributed by atoms with van der Waals surface area (Å²) in [6.45, 7) is 0.522. The molecule has 0 unspecified atom stereocenters. The normalized spacial score (nSPS) is 9.81. The molecule has 0 bridgehead atoms. The van der Waals surface area contributed by atoms with Crippen LogP contribution in [0, 0.1) is 35.1 Å². The molecule has 0 heterocycles. The lowest BCUT2D eigenvalue weighted by Crippen LogP contribution is -2.06. The number of halogens is 4. The van der Waals surface area contributed by atoms with E-state index in [0.717, 1.165) is 0 Å². The first-order chi connectivity index (χ1) is 7.57. The summed E-state index contributed by atoms with van der Waals surface area (Å²) in [4.78, 5) is 0. The van der Waals surface area contributed by atoms with Crippen LogP contribution in [0.3, 0.4) is 0 Å². The van der Waals surface area contributed by atoms with E-state index in [9.17, 15) is 17.6 Å². The SMILES string of the molecule is CNCCC#Cc1c(F)c(F)cc(F)c1F. The van der Waals surface area contributed by atoms with Crippen molar-refractivity contribution >= 4 is 0 Å². The van der Waals surface area contributed by atoms with Crippen molar-refractivity contribution in [1.82, 2.24) is 5.32 Å². The quantitative estimate of drug-likeness (QED) is 0.356. The molecular weight excluding hydrogens is 222 g/mol. The highest BCUT2D eigenvalue weighted by Crippen LogP contribution is 2.18. The maximum Gasteiger partial charge on any atom is 0.177 e. The van der Waals surface area contributed by atoms with E-state index in [1.54, 1.807) is 7.05 Å². The summed E-state index contributed by atoms with van der Waals surface area (Å²) >= 11 is 0. The molecule has 0 aliphatic carbocycles.